The number of carbonyl (C=O) groups is 2. The molecule has 0 bridgehead atoms. The summed E-state index contributed by atoms with van der Waals surface area (Å²) in [6, 6.07) is 21.6. The van der Waals surface area contributed by atoms with Gasteiger partial charge in [-0.2, -0.15) is 0 Å². The van der Waals surface area contributed by atoms with Gasteiger partial charge in [-0.25, -0.2) is 4.79 Å². The van der Waals surface area contributed by atoms with E-state index in [1.165, 1.54) is 21.5 Å². The monoisotopic (exact) mass is 567 g/mol. The van der Waals surface area contributed by atoms with Gasteiger partial charge in [0.1, 0.15) is 0 Å². The summed E-state index contributed by atoms with van der Waals surface area (Å²) >= 11 is 6.30. The molecule has 1 aromatic heterocycles. The number of hydrogen-bond acceptors (Lipinski definition) is 4. The number of urea groups is 1. The predicted molar refractivity (Wildman–Crippen MR) is 165 cm³/mol. The van der Waals surface area contributed by atoms with Crippen LogP contribution in [0.3, 0.4) is 0 Å². The molecule has 0 saturated carbocycles. The van der Waals surface area contributed by atoms with Crippen molar-refractivity contribution in [1.29, 1.82) is 0 Å². The van der Waals surface area contributed by atoms with Gasteiger partial charge in [0.15, 0.2) is 0 Å². The number of aromatic nitrogens is 1. The molecule has 1 atom stereocenters. The molecule has 2 heterocycles. The second-order valence-electron chi connectivity index (χ2n) is 11.0. The summed E-state index contributed by atoms with van der Waals surface area (Å²) in [6.07, 6.45) is 7.20. The Kier molecular flexibility index (Phi) is 7.54. The Labute approximate surface area is 245 Å². The third-order valence-electron chi connectivity index (χ3n) is 8.61. The van der Waals surface area contributed by atoms with Gasteiger partial charge in [0.2, 0.25) is 0 Å². The van der Waals surface area contributed by atoms with Crippen LogP contribution in [0.4, 0.5) is 16.2 Å². The highest BCUT2D eigenvalue weighted by Crippen LogP contribution is 2.33. The third kappa shape index (κ3) is 5.46. The number of halogens is 1. The third-order valence-corrected chi connectivity index (χ3v) is 8.93. The van der Waals surface area contributed by atoms with Crippen molar-refractivity contribution < 1.29 is 9.59 Å². The smallest absolute Gasteiger partial charge is 0.322 e. The van der Waals surface area contributed by atoms with Crippen LogP contribution in [0.15, 0.2) is 79.1 Å². The van der Waals surface area contributed by atoms with E-state index >= 15 is 0 Å². The number of para-hydroxylation sites is 1. The first-order valence-electron chi connectivity index (χ1n) is 14.2. The normalized spacial score (nSPS) is 16.9. The van der Waals surface area contributed by atoms with Crippen LogP contribution in [0.25, 0.3) is 10.8 Å². The molecule has 1 N–H and O–H groups in total. The summed E-state index contributed by atoms with van der Waals surface area (Å²) in [5.74, 6) is 0.0228. The lowest BCUT2D eigenvalue weighted by atomic mass is 10.00. The van der Waals surface area contributed by atoms with Crippen LogP contribution < -0.4 is 15.1 Å². The molecule has 1 saturated heterocycles. The lowest BCUT2D eigenvalue weighted by Gasteiger charge is -2.38. The highest BCUT2D eigenvalue weighted by molar-refractivity contribution is 6.33. The Balaban J connectivity index is 1.10. The van der Waals surface area contributed by atoms with Crippen LogP contribution >= 0.6 is 11.6 Å². The number of hydrogen-bond donors (Lipinski definition) is 1. The largest absolute Gasteiger partial charge is 0.371 e. The fraction of sp³-hybridized carbons (Fsp3) is 0.303. The molecule has 3 amide bonds. The first-order valence-corrected chi connectivity index (χ1v) is 14.5. The van der Waals surface area contributed by atoms with Crippen molar-refractivity contribution in [3.05, 3.63) is 101 Å². The zero-order valence-corrected chi connectivity index (χ0v) is 24.1. The maximum absolute atomic E-state index is 13.6. The maximum atomic E-state index is 13.6. The Morgan fingerprint density at radius 3 is 2.56 bits per heavy atom. The number of fused-ring (bicyclic) bond motifs is 2. The molecule has 3 aromatic carbocycles. The lowest BCUT2D eigenvalue weighted by molar-refractivity contribution is 0.0709. The van der Waals surface area contributed by atoms with E-state index in [1.54, 1.807) is 13.1 Å². The molecule has 2 aliphatic rings. The first-order chi connectivity index (χ1) is 19.9. The fourth-order valence-corrected chi connectivity index (χ4v) is 6.38. The van der Waals surface area contributed by atoms with Crippen LogP contribution in [0.5, 0.6) is 0 Å². The average molecular weight is 568 g/mol. The number of benzene rings is 3. The molecule has 1 aliphatic carbocycles. The summed E-state index contributed by atoms with van der Waals surface area (Å²) in [6.45, 7) is 1.80. The second-order valence-corrected chi connectivity index (χ2v) is 11.4. The summed E-state index contributed by atoms with van der Waals surface area (Å²) < 4.78 is 0. The molecule has 41 heavy (non-hydrogen) atoms. The van der Waals surface area contributed by atoms with Gasteiger partial charge in [0.05, 0.1) is 16.8 Å². The van der Waals surface area contributed by atoms with Crippen LogP contribution in [0.1, 0.15) is 46.8 Å². The molecular formula is C33H34ClN5O2. The van der Waals surface area contributed by atoms with Crippen LogP contribution in [0.2, 0.25) is 5.02 Å². The van der Waals surface area contributed by atoms with Gasteiger partial charge in [-0.05, 0) is 84.7 Å². The summed E-state index contributed by atoms with van der Waals surface area (Å²) in [5, 5.41) is 5.99. The van der Waals surface area contributed by atoms with Gasteiger partial charge in [0, 0.05) is 62.3 Å². The number of nitrogens with zero attached hydrogens (tertiary/aromatic N) is 4. The molecule has 1 unspecified atom stereocenters. The summed E-state index contributed by atoms with van der Waals surface area (Å²) in [5.41, 5.74) is 4.72. The van der Waals surface area contributed by atoms with Crippen molar-refractivity contribution >= 4 is 45.7 Å². The van der Waals surface area contributed by atoms with E-state index in [-0.39, 0.29) is 24.0 Å². The molecule has 0 spiro atoms. The highest BCUT2D eigenvalue weighted by Gasteiger charge is 2.30. The van der Waals surface area contributed by atoms with E-state index in [1.807, 2.05) is 66.8 Å². The topological polar surface area (TPSA) is 68.8 Å². The number of anilines is 2. The Morgan fingerprint density at radius 1 is 0.951 bits per heavy atom. The number of piperidine rings is 1. The molecule has 8 heteroatoms. The Bertz CT molecular complexity index is 1600. The lowest BCUT2D eigenvalue weighted by Crippen LogP contribution is -2.45. The van der Waals surface area contributed by atoms with Gasteiger partial charge < -0.3 is 15.1 Å². The van der Waals surface area contributed by atoms with E-state index in [9.17, 15) is 9.59 Å². The highest BCUT2D eigenvalue weighted by atomic mass is 35.5. The van der Waals surface area contributed by atoms with Crippen LogP contribution in [0, 0.1) is 0 Å². The van der Waals surface area contributed by atoms with Crippen molar-refractivity contribution in [2.45, 2.75) is 37.8 Å². The molecule has 1 aliphatic heterocycles. The van der Waals surface area contributed by atoms with Crippen molar-refractivity contribution in [2.24, 2.45) is 0 Å². The summed E-state index contributed by atoms with van der Waals surface area (Å²) in [7, 11) is 3.63. The predicted octanol–water partition coefficient (Wildman–Crippen LogP) is 6.46. The van der Waals surface area contributed by atoms with Gasteiger partial charge in [0.25, 0.3) is 5.91 Å². The molecule has 1 fully saturated rings. The van der Waals surface area contributed by atoms with Crippen molar-refractivity contribution in [3.63, 3.8) is 0 Å². The second kappa shape index (κ2) is 11.4. The van der Waals surface area contributed by atoms with Gasteiger partial charge in [-0.3, -0.25) is 14.7 Å². The van der Waals surface area contributed by atoms with Crippen molar-refractivity contribution in [1.82, 2.24) is 15.2 Å². The number of carbonyl (C=O) groups excluding carboxylic acids is 2. The quantitative estimate of drug-likeness (QED) is 0.300. The average Bonchev–Trinajstić information content (AvgIpc) is 3.41. The maximum Gasteiger partial charge on any atom is 0.322 e. The number of rotatable bonds is 5. The standard InChI is InChI=1S/C33H34ClN5O2/c1-37(26-14-17-39(18-15-26)27-11-9-25-21-35-16-13-23(25)19-27)32(40)24-8-7-22-10-12-30(28(22)20-24)36-33(41)38(2)31-6-4-3-5-29(31)34/h3-9,11,13,16,19-21,26,30H,10,12,14-15,17-18H2,1-2H3,(H,36,41). The zero-order valence-electron chi connectivity index (χ0n) is 23.4. The number of aryl methyl sites for hydroxylation is 1. The molecule has 0 radical (unpaired) electrons. The van der Waals surface area contributed by atoms with E-state index in [0.29, 0.717) is 16.3 Å². The van der Waals surface area contributed by atoms with Gasteiger partial charge in [-0.15, -0.1) is 0 Å². The number of pyridine rings is 1. The van der Waals surface area contributed by atoms with E-state index < -0.39 is 0 Å². The van der Waals surface area contributed by atoms with E-state index in [0.717, 1.165) is 49.7 Å². The Hall–Kier alpha value is -4.10. The molecule has 4 aromatic rings. The van der Waals surface area contributed by atoms with E-state index in [4.69, 9.17) is 11.6 Å². The number of nitrogens with one attached hydrogen (secondary N) is 1. The SMILES string of the molecule is CN(C(=O)NC1CCc2ccc(C(=O)N(C)C3CCN(c4ccc5cnccc5c4)CC3)cc21)c1ccccc1Cl. The van der Waals surface area contributed by atoms with Gasteiger partial charge in [-0.1, -0.05) is 35.9 Å². The molecule has 7 nitrogen and oxygen atoms in total. The van der Waals surface area contributed by atoms with Gasteiger partial charge >= 0.3 is 6.03 Å². The minimum Gasteiger partial charge on any atom is -0.371 e. The van der Waals surface area contributed by atoms with Crippen molar-refractivity contribution in [2.75, 3.05) is 37.0 Å². The van der Waals surface area contributed by atoms with E-state index in [2.05, 4.69) is 33.4 Å². The summed E-state index contributed by atoms with van der Waals surface area (Å²) in [4.78, 5) is 36.7. The van der Waals surface area contributed by atoms with Crippen LogP contribution in [-0.4, -0.2) is 55.0 Å². The Morgan fingerprint density at radius 2 is 1.76 bits per heavy atom. The van der Waals surface area contributed by atoms with Crippen molar-refractivity contribution in [3.8, 4) is 0 Å². The molecule has 6 rings (SSSR count). The fourth-order valence-electron chi connectivity index (χ4n) is 6.11. The minimum atomic E-state index is -0.223. The zero-order chi connectivity index (χ0) is 28.5. The first kappa shape index (κ1) is 27.1. The molecular weight excluding hydrogens is 534 g/mol. The number of amides is 3. The minimum absolute atomic E-state index is 0.0228. The molecule has 210 valence electrons. The van der Waals surface area contributed by atoms with Crippen LogP contribution in [-0.2, 0) is 6.42 Å².